The van der Waals surface area contributed by atoms with Crippen LogP contribution in [-0.4, -0.2) is 12.6 Å². The molecule has 0 amide bonds. The number of nitrogens with two attached hydrogens (primary N) is 1. The minimum atomic E-state index is -0.418. The van der Waals surface area contributed by atoms with E-state index in [9.17, 15) is 4.79 Å². The Bertz CT molecular complexity index is 422. The SMILES string of the molecule is CCOC(=O)c1cccc(CCC#N)c1N. The van der Waals surface area contributed by atoms with Crippen LogP contribution in [0.1, 0.15) is 29.3 Å². The van der Waals surface area contributed by atoms with Crippen LogP contribution in [0.25, 0.3) is 0 Å². The molecule has 0 radical (unpaired) electrons. The quantitative estimate of drug-likeness (QED) is 0.618. The molecular formula is C12H14N2O2. The van der Waals surface area contributed by atoms with Crippen molar-refractivity contribution in [3.8, 4) is 6.07 Å². The number of hydrogen-bond donors (Lipinski definition) is 1. The summed E-state index contributed by atoms with van der Waals surface area (Å²) in [6.07, 6.45) is 0.937. The summed E-state index contributed by atoms with van der Waals surface area (Å²) in [7, 11) is 0. The second kappa shape index (κ2) is 5.76. The van der Waals surface area contributed by atoms with E-state index < -0.39 is 5.97 Å². The molecule has 0 saturated carbocycles. The van der Waals surface area contributed by atoms with Gasteiger partial charge in [0.25, 0.3) is 0 Å². The van der Waals surface area contributed by atoms with Gasteiger partial charge in [-0.2, -0.15) is 5.26 Å². The van der Waals surface area contributed by atoms with Crippen LogP contribution in [0.2, 0.25) is 0 Å². The first kappa shape index (κ1) is 12.1. The molecule has 0 aliphatic rings. The molecule has 16 heavy (non-hydrogen) atoms. The van der Waals surface area contributed by atoms with Gasteiger partial charge in [0.2, 0.25) is 0 Å². The molecule has 0 aliphatic carbocycles. The summed E-state index contributed by atoms with van der Waals surface area (Å²) >= 11 is 0. The summed E-state index contributed by atoms with van der Waals surface area (Å²) < 4.78 is 4.88. The number of para-hydroxylation sites is 1. The van der Waals surface area contributed by atoms with Gasteiger partial charge in [-0.15, -0.1) is 0 Å². The first-order chi connectivity index (χ1) is 7.70. The lowest BCUT2D eigenvalue weighted by Crippen LogP contribution is -2.09. The van der Waals surface area contributed by atoms with E-state index in [4.69, 9.17) is 15.7 Å². The summed E-state index contributed by atoms with van der Waals surface area (Å²) in [4.78, 5) is 11.5. The molecule has 0 spiro atoms. The predicted octanol–water partition coefficient (Wildman–Crippen LogP) is 1.90. The molecule has 1 aromatic carbocycles. The van der Waals surface area contributed by atoms with Crippen LogP contribution in [0.15, 0.2) is 18.2 Å². The molecule has 0 bridgehead atoms. The molecule has 4 heteroatoms. The van der Waals surface area contributed by atoms with Crippen LogP contribution in [-0.2, 0) is 11.2 Å². The van der Waals surface area contributed by atoms with Gasteiger partial charge in [0.15, 0.2) is 0 Å². The Morgan fingerprint density at radius 1 is 1.56 bits per heavy atom. The Morgan fingerprint density at radius 2 is 2.31 bits per heavy atom. The van der Waals surface area contributed by atoms with Gasteiger partial charge in [-0.3, -0.25) is 0 Å². The molecule has 0 aromatic heterocycles. The van der Waals surface area contributed by atoms with Crippen molar-refractivity contribution >= 4 is 11.7 Å². The van der Waals surface area contributed by atoms with E-state index in [0.29, 0.717) is 30.7 Å². The smallest absolute Gasteiger partial charge is 0.340 e. The molecular weight excluding hydrogens is 204 g/mol. The lowest BCUT2D eigenvalue weighted by Gasteiger charge is -2.08. The molecule has 1 aromatic rings. The van der Waals surface area contributed by atoms with Crippen molar-refractivity contribution in [2.75, 3.05) is 12.3 Å². The van der Waals surface area contributed by atoms with Crippen LogP contribution in [0.5, 0.6) is 0 Å². The third-order valence-corrected chi connectivity index (χ3v) is 2.20. The monoisotopic (exact) mass is 218 g/mol. The van der Waals surface area contributed by atoms with E-state index in [0.717, 1.165) is 5.56 Å². The van der Waals surface area contributed by atoms with E-state index in [-0.39, 0.29) is 0 Å². The molecule has 0 fully saturated rings. The number of carbonyl (C=O) groups excluding carboxylic acids is 1. The highest BCUT2D eigenvalue weighted by molar-refractivity contribution is 5.95. The zero-order valence-corrected chi connectivity index (χ0v) is 9.19. The molecule has 0 unspecified atom stereocenters. The molecule has 2 N–H and O–H groups in total. The van der Waals surface area contributed by atoms with E-state index >= 15 is 0 Å². The first-order valence-corrected chi connectivity index (χ1v) is 5.12. The zero-order valence-electron chi connectivity index (χ0n) is 9.19. The average Bonchev–Trinajstić information content (AvgIpc) is 2.28. The van der Waals surface area contributed by atoms with Gasteiger partial charge in [-0.05, 0) is 25.0 Å². The maximum atomic E-state index is 11.5. The van der Waals surface area contributed by atoms with E-state index in [2.05, 4.69) is 0 Å². The van der Waals surface area contributed by atoms with Crippen LogP contribution >= 0.6 is 0 Å². The standard InChI is InChI=1S/C12H14N2O2/c1-2-16-12(15)10-7-3-5-9(11(10)14)6-4-8-13/h3,5,7H,2,4,6,14H2,1H3. The van der Waals surface area contributed by atoms with Crippen molar-refractivity contribution in [1.29, 1.82) is 5.26 Å². The summed E-state index contributed by atoms with van der Waals surface area (Å²) in [5.41, 5.74) is 7.44. The number of anilines is 1. The minimum Gasteiger partial charge on any atom is -0.462 e. The fourth-order valence-electron chi connectivity index (χ4n) is 1.41. The van der Waals surface area contributed by atoms with Crippen LogP contribution < -0.4 is 5.73 Å². The van der Waals surface area contributed by atoms with E-state index in [1.54, 1.807) is 19.1 Å². The van der Waals surface area contributed by atoms with Crippen molar-refractivity contribution in [2.45, 2.75) is 19.8 Å². The van der Waals surface area contributed by atoms with Gasteiger partial charge < -0.3 is 10.5 Å². The van der Waals surface area contributed by atoms with Crippen molar-refractivity contribution < 1.29 is 9.53 Å². The van der Waals surface area contributed by atoms with Crippen LogP contribution in [0.4, 0.5) is 5.69 Å². The highest BCUT2D eigenvalue weighted by Crippen LogP contribution is 2.19. The van der Waals surface area contributed by atoms with Gasteiger partial charge in [-0.25, -0.2) is 4.79 Å². The van der Waals surface area contributed by atoms with Gasteiger partial charge in [0.1, 0.15) is 0 Å². The summed E-state index contributed by atoms with van der Waals surface area (Å²) in [6, 6.07) is 7.23. The Hall–Kier alpha value is -2.02. The minimum absolute atomic E-state index is 0.320. The lowest BCUT2D eigenvalue weighted by molar-refractivity contribution is 0.0527. The van der Waals surface area contributed by atoms with E-state index in [1.807, 2.05) is 12.1 Å². The van der Waals surface area contributed by atoms with E-state index in [1.165, 1.54) is 0 Å². The van der Waals surface area contributed by atoms with Gasteiger partial charge in [0.05, 0.1) is 18.2 Å². The number of aryl methyl sites for hydroxylation is 1. The number of esters is 1. The maximum absolute atomic E-state index is 11.5. The fraction of sp³-hybridized carbons (Fsp3) is 0.333. The Kier molecular flexibility index (Phi) is 4.34. The second-order valence-corrected chi connectivity index (χ2v) is 3.26. The molecule has 84 valence electrons. The first-order valence-electron chi connectivity index (χ1n) is 5.12. The lowest BCUT2D eigenvalue weighted by atomic mass is 10.0. The average molecular weight is 218 g/mol. The Balaban J connectivity index is 2.95. The number of nitrogen functional groups attached to an aromatic ring is 1. The van der Waals surface area contributed by atoms with Gasteiger partial charge >= 0.3 is 5.97 Å². The zero-order chi connectivity index (χ0) is 12.0. The maximum Gasteiger partial charge on any atom is 0.340 e. The molecule has 4 nitrogen and oxygen atoms in total. The van der Waals surface area contributed by atoms with Crippen molar-refractivity contribution in [3.63, 3.8) is 0 Å². The highest BCUT2D eigenvalue weighted by Gasteiger charge is 2.12. The number of nitriles is 1. The highest BCUT2D eigenvalue weighted by atomic mass is 16.5. The number of nitrogens with zero attached hydrogens (tertiary/aromatic N) is 1. The topological polar surface area (TPSA) is 76.1 Å². The van der Waals surface area contributed by atoms with Crippen LogP contribution in [0, 0.1) is 11.3 Å². The number of benzene rings is 1. The predicted molar refractivity (Wildman–Crippen MR) is 60.7 cm³/mol. The second-order valence-electron chi connectivity index (χ2n) is 3.26. The number of carbonyl (C=O) groups is 1. The van der Waals surface area contributed by atoms with Gasteiger partial charge in [-0.1, -0.05) is 12.1 Å². The normalized spacial score (nSPS) is 9.50. The Morgan fingerprint density at radius 3 is 2.94 bits per heavy atom. The molecule has 0 heterocycles. The van der Waals surface area contributed by atoms with Gasteiger partial charge in [0, 0.05) is 12.1 Å². The van der Waals surface area contributed by atoms with Crippen molar-refractivity contribution in [1.82, 2.24) is 0 Å². The number of hydrogen-bond acceptors (Lipinski definition) is 4. The third-order valence-electron chi connectivity index (χ3n) is 2.20. The summed E-state index contributed by atoms with van der Waals surface area (Å²) in [6.45, 7) is 2.06. The van der Waals surface area contributed by atoms with Crippen molar-refractivity contribution in [3.05, 3.63) is 29.3 Å². The largest absolute Gasteiger partial charge is 0.462 e. The number of ether oxygens (including phenoxy) is 1. The van der Waals surface area contributed by atoms with Crippen LogP contribution in [0.3, 0.4) is 0 Å². The molecule has 0 aliphatic heterocycles. The Labute approximate surface area is 94.6 Å². The van der Waals surface area contributed by atoms with Crippen molar-refractivity contribution in [2.24, 2.45) is 0 Å². The molecule has 0 saturated heterocycles. The summed E-state index contributed by atoms with van der Waals surface area (Å²) in [5, 5.41) is 8.50. The molecule has 0 atom stereocenters. The summed E-state index contributed by atoms with van der Waals surface area (Å²) in [5.74, 6) is -0.418. The fourth-order valence-corrected chi connectivity index (χ4v) is 1.41. The molecule has 1 rings (SSSR count). The number of rotatable bonds is 4. The third kappa shape index (κ3) is 2.74.